The molecule has 1 amide bonds. The van der Waals surface area contributed by atoms with Gasteiger partial charge in [0, 0.05) is 57.6 Å². The maximum Gasteiger partial charge on any atom is 0.217 e. The summed E-state index contributed by atoms with van der Waals surface area (Å²) in [5.74, 6) is 1.10. The van der Waals surface area contributed by atoms with Gasteiger partial charge in [0.1, 0.15) is 0 Å². The molecule has 0 radical (unpaired) electrons. The van der Waals surface area contributed by atoms with Crippen molar-refractivity contribution in [3.05, 3.63) is 21.9 Å². The number of carbonyl (C=O) groups is 1. The van der Waals surface area contributed by atoms with E-state index in [-0.39, 0.29) is 29.9 Å². The number of halogens is 1. The Balaban J connectivity index is 0.00000243. The van der Waals surface area contributed by atoms with E-state index in [1.807, 2.05) is 18.4 Å². The van der Waals surface area contributed by atoms with Crippen LogP contribution in [0, 0.1) is 5.92 Å². The Morgan fingerprint density at radius 3 is 3.08 bits per heavy atom. The zero-order valence-electron chi connectivity index (χ0n) is 15.4. The van der Waals surface area contributed by atoms with Crippen LogP contribution in [0.5, 0.6) is 0 Å². The number of piperidine rings is 1. The monoisotopic (exact) mass is 491 g/mol. The van der Waals surface area contributed by atoms with Gasteiger partial charge in [0.25, 0.3) is 0 Å². The van der Waals surface area contributed by atoms with Crippen molar-refractivity contribution >= 4 is 47.2 Å². The van der Waals surface area contributed by atoms with E-state index in [9.17, 15) is 4.79 Å². The van der Waals surface area contributed by atoms with Crippen LogP contribution in [0.3, 0.4) is 0 Å². The summed E-state index contributed by atoms with van der Waals surface area (Å²) in [4.78, 5) is 21.9. The average molecular weight is 491 g/mol. The van der Waals surface area contributed by atoms with E-state index < -0.39 is 0 Å². The summed E-state index contributed by atoms with van der Waals surface area (Å²) in [5, 5.41) is 5.70. The molecule has 26 heavy (non-hydrogen) atoms. The number of hydrogen-bond donors (Lipinski definition) is 2. The molecule has 3 heterocycles. The zero-order chi connectivity index (χ0) is 17.6. The quantitative estimate of drug-likeness (QED) is 0.375. The molecule has 1 atom stereocenters. The van der Waals surface area contributed by atoms with Gasteiger partial charge in [-0.05, 0) is 42.2 Å². The number of hydrogen-bond acceptors (Lipinski definition) is 4. The Hall–Kier alpha value is -0.870. The number of nitrogens with zero attached hydrogens (tertiary/aromatic N) is 3. The van der Waals surface area contributed by atoms with Gasteiger partial charge >= 0.3 is 0 Å². The number of rotatable bonds is 5. The number of likely N-dealkylation sites (tertiary alicyclic amines) is 1. The molecule has 2 aliphatic rings. The highest BCUT2D eigenvalue weighted by Crippen LogP contribution is 2.23. The molecule has 6 nitrogen and oxygen atoms in total. The molecule has 0 bridgehead atoms. The van der Waals surface area contributed by atoms with E-state index in [4.69, 9.17) is 5.73 Å². The number of primary amides is 1. The highest BCUT2D eigenvalue weighted by atomic mass is 127. The SMILES string of the molecule is CN=C(NCCN1CCc2sccc2C1)N1CCCC(CC(N)=O)C1.I. The van der Waals surface area contributed by atoms with Crippen LogP contribution in [0.15, 0.2) is 16.4 Å². The first kappa shape index (κ1) is 21.4. The van der Waals surface area contributed by atoms with Crippen molar-refractivity contribution in [3.8, 4) is 0 Å². The summed E-state index contributed by atoms with van der Waals surface area (Å²) >= 11 is 1.88. The van der Waals surface area contributed by atoms with E-state index >= 15 is 0 Å². The van der Waals surface area contributed by atoms with Crippen LogP contribution in [0.4, 0.5) is 0 Å². The maximum atomic E-state index is 11.2. The molecule has 1 fully saturated rings. The predicted molar refractivity (Wildman–Crippen MR) is 118 cm³/mol. The van der Waals surface area contributed by atoms with Gasteiger partial charge in [0.15, 0.2) is 5.96 Å². The first-order valence-corrected chi connectivity index (χ1v) is 10.0. The lowest BCUT2D eigenvalue weighted by molar-refractivity contribution is -0.119. The third kappa shape index (κ3) is 5.82. The van der Waals surface area contributed by atoms with Gasteiger partial charge in [-0.3, -0.25) is 14.7 Å². The van der Waals surface area contributed by atoms with Crippen molar-refractivity contribution < 1.29 is 4.79 Å². The largest absolute Gasteiger partial charge is 0.370 e. The highest BCUT2D eigenvalue weighted by molar-refractivity contribution is 14.0. The summed E-state index contributed by atoms with van der Waals surface area (Å²) in [6.45, 7) is 5.97. The lowest BCUT2D eigenvalue weighted by Crippen LogP contribution is -2.48. The van der Waals surface area contributed by atoms with Gasteiger partial charge < -0.3 is 16.0 Å². The molecule has 0 saturated carbocycles. The maximum absolute atomic E-state index is 11.2. The van der Waals surface area contributed by atoms with Crippen LogP contribution < -0.4 is 11.1 Å². The van der Waals surface area contributed by atoms with E-state index in [0.29, 0.717) is 12.3 Å². The topological polar surface area (TPSA) is 74.0 Å². The highest BCUT2D eigenvalue weighted by Gasteiger charge is 2.23. The van der Waals surface area contributed by atoms with Gasteiger partial charge in [0.2, 0.25) is 5.91 Å². The van der Waals surface area contributed by atoms with Crippen LogP contribution >= 0.6 is 35.3 Å². The van der Waals surface area contributed by atoms with Crippen LogP contribution in [0.2, 0.25) is 0 Å². The van der Waals surface area contributed by atoms with Crippen LogP contribution in [0.25, 0.3) is 0 Å². The Bertz CT molecular complexity index is 620. The molecule has 8 heteroatoms. The van der Waals surface area contributed by atoms with Gasteiger partial charge in [-0.15, -0.1) is 35.3 Å². The minimum atomic E-state index is -0.201. The third-order valence-electron chi connectivity index (χ3n) is 5.12. The number of fused-ring (bicyclic) bond motifs is 1. The summed E-state index contributed by atoms with van der Waals surface area (Å²) in [5.41, 5.74) is 6.85. The fourth-order valence-electron chi connectivity index (χ4n) is 3.86. The van der Waals surface area contributed by atoms with Crippen LogP contribution in [-0.2, 0) is 17.8 Å². The second-order valence-corrected chi connectivity index (χ2v) is 7.99. The molecule has 2 aliphatic heterocycles. The third-order valence-corrected chi connectivity index (χ3v) is 6.14. The van der Waals surface area contributed by atoms with E-state index in [1.54, 1.807) is 4.88 Å². The van der Waals surface area contributed by atoms with Crippen molar-refractivity contribution in [3.63, 3.8) is 0 Å². The zero-order valence-corrected chi connectivity index (χ0v) is 18.6. The second kappa shape index (κ2) is 10.5. The molecule has 0 spiro atoms. The lowest BCUT2D eigenvalue weighted by atomic mass is 9.95. The second-order valence-electron chi connectivity index (χ2n) is 6.99. The number of carbonyl (C=O) groups excluding carboxylic acids is 1. The molecule has 1 aromatic heterocycles. The molecule has 3 N–H and O–H groups in total. The van der Waals surface area contributed by atoms with Crippen molar-refractivity contribution in [1.82, 2.24) is 15.1 Å². The summed E-state index contributed by atoms with van der Waals surface area (Å²) in [6.07, 6.45) is 3.81. The number of guanidine groups is 1. The van der Waals surface area contributed by atoms with Gasteiger partial charge in [0.05, 0.1) is 0 Å². The smallest absolute Gasteiger partial charge is 0.217 e. The van der Waals surface area contributed by atoms with E-state index in [1.165, 1.54) is 12.0 Å². The molecule has 1 unspecified atom stereocenters. The Kier molecular flexibility index (Phi) is 8.62. The fourth-order valence-corrected chi connectivity index (χ4v) is 4.75. The molecule has 1 saturated heterocycles. The summed E-state index contributed by atoms with van der Waals surface area (Å²) in [7, 11) is 1.83. The first-order chi connectivity index (χ1) is 12.2. The van der Waals surface area contributed by atoms with Gasteiger partial charge in [-0.2, -0.15) is 0 Å². The lowest BCUT2D eigenvalue weighted by Gasteiger charge is -2.35. The molecular formula is C18H30IN5OS. The van der Waals surface area contributed by atoms with Crippen molar-refractivity contribution in [2.45, 2.75) is 32.2 Å². The normalized spacial score (nSPS) is 21.0. The van der Waals surface area contributed by atoms with Crippen molar-refractivity contribution in [2.75, 3.05) is 39.8 Å². The molecular weight excluding hydrogens is 461 g/mol. The van der Waals surface area contributed by atoms with Gasteiger partial charge in [-0.25, -0.2) is 0 Å². The number of nitrogens with one attached hydrogen (secondary N) is 1. The number of aliphatic imine (C=N–C) groups is 1. The van der Waals surface area contributed by atoms with Crippen LogP contribution in [-0.4, -0.2) is 61.4 Å². The first-order valence-electron chi connectivity index (χ1n) is 9.17. The van der Waals surface area contributed by atoms with E-state index in [2.05, 4.69) is 31.6 Å². The van der Waals surface area contributed by atoms with E-state index in [0.717, 1.165) is 58.1 Å². The number of thiophene rings is 1. The Labute approximate surface area is 177 Å². The van der Waals surface area contributed by atoms with Crippen molar-refractivity contribution in [2.24, 2.45) is 16.6 Å². The summed E-state index contributed by atoms with van der Waals surface area (Å²) < 4.78 is 0. The Morgan fingerprint density at radius 1 is 1.46 bits per heavy atom. The van der Waals surface area contributed by atoms with Crippen LogP contribution in [0.1, 0.15) is 29.7 Å². The van der Waals surface area contributed by atoms with Gasteiger partial charge in [-0.1, -0.05) is 0 Å². The molecule has 0 aromatic carbocycles. The molecule has 3 rings (SSSR count). The Morgan fingerprint density at radius 2 is 2.31 bits per heavy atom. The number of amides is 1. The fraction of sp³-hybridized carbons (Fsp3) is 0.667. The minimum absolute atomic E-state index is 0. The average Bonchev–Trinajstić information content (AvgIpc) is 3.06. The standard InChI is InChI=1S/C18H29N5OS.HI/c1-20-18(23-7-2-3-14(12-23)11-17(19)24)21-6-9-22-8-4-16-15(13-22)5-10-25-16;/h5,10,14H,2-4,6-9,11-13H2,1H3,(H2,19,24)(H,20,21);1H. The molecule has 1 aromatic rings. The van der Waals surface area contributed by atoms with Crippen molar-refractivity contribution in [1.29, 1.82) is 0 Å². The number of nitrogens with two attached hydrogens (primary N) is 1. The molecule has 0 aliphatic carbocycles. The minimum Gasteiger partial charge on any atom is -0.370 e. The summed E-state index contributed by atoms with van der Waals surface area (Å²) in [6, 6.07) is 2.26. The molecule has 146 valence electrons. The predicted octanol–water partition coefficient (Wildman–Crippen LogP) is 1.89.